The lowest BCUT2D eigenvalue weighted by Crippen LogP contribution is -1.83. The highest BCUT2D eigenvalue weighted by Gasteiger charge is 1.98. The van der Waals surface area contributed by atoms with Crippen molar-refractivity contribution in [1.82, 2.24) is 0 Å². The topological polar surface area (TPSA) is 9.23 Å². The predicted molar refractivity (Wildman–Crippen MR) is 70.5 cm³/mol. The SMILES string of the molecule is c1ccc(Oc2ccc3ccccc3c2)cc1. The summed E-state index contributed by atoms with van der Waals surface area (Å²) in [7, 11) is 0. The normalized spacial score (nSPS) is 10.4. The molecule has 0 amide bonds. The molecule has 0 fully saturated rings. The first-order valence-electron chi connectivity index (χ1n) is 5.63. The van der Waals surface area contributed by atoms with E-state index in [4.69, 9.17) is 4.74 Å². The van der Waals surface area contributed by atoms with Crippen molar-refractivity contribution in [3.8, 4) is 11.5 Å². The lowest BCUT2D eigenvalue weighted by molar-refractivity contribution is 0.483. The van der Waals surface area contributed by atoms with E-state index >= 15 is 0 Å². The van der Waals surface area contributed by atoms with Crippen LogP contribution in [0.4, 0.5) is 0 Å². The first-order chi connectivity index (χ1) is 8.42. The Hall–Kier alpha value is -2.28. The van der Waals surface area contributed by atoms with Gasteiger partial charge in [-0.1, -0.05) is 48.5 Å². The third kappa shape index (κ3) is 2.13. The zero-order chi connectivity index (χ0) is 11.5. The summed E-state index contributed by atoms with van der Waals surface area (Å²) in [5.74, 6) is 1.73. The van der Waals surface area contributed by atoms with E-state index in [0.717, 1.165) is 11.5 Å². The second-order valence-electron chi connectivity index (χ2n) is 3.92. The average Bonchev–Trinajstić information content (AvgIpc) is 2.40. The fraction of sp³-hybridized carbons (Fsp3) is 0. The van der Waals surface area contributed by atoms with Gasteiger partial charge in [0.05, 0.1) is 0 Å². The first-order valence-corrected chi connectivity index (χ1v) is 5.63. The molecule has 0 aliphatic heterocycles. The smallest absolute Gasteiger partial charge is 0.128 e. The third-order valence-corrected chi connectivity index (χ3v) is 2.70. The average molecular weight is 220 g/mol. The van der Waals surface area contributed by atoms with Crippen LogP contribution < -0.4 is 4.74 Å². The fourth-order valence-electron chi connectivity index (χ4n) is 1.86. The van der Waals surface area contributed by atoms with Crippen LogP contribution in [0.2, 0.25) is 0 Å². The maximum atomic E-state index is 5.79. The molecule has 0 saturated heterocycles. The molecule has 0 N–H and O–H groups in total. The van der Waals surface area contributed by atoms with Gasteiger partial charge in [0.2, 0.25) is 0 Å². The van der Waals surface area contributed by atoms with Crippen LogP contribution in [0.1, 0.15) is 0 Å². The molecule has 0 aromatic heterocycles. The Kier molecular flexibility index (Phi) is 2.51. The Morgan fingerprint density at radius 1 is 0.529 bits per heavy atom. The lowest BCUT2D eigenvalue weighted by Gasteiger charge is -2.06. The molecule has 0 bridgehead atoms. The Morgan fingerprint density at radius 2 is 1.24 bits per heavy atom. The van der Waals surface area contributed by atoms with E-state index in [2.05, 4.69) is 24.3 Å². The second-order valence-corrected chi connectivity index (χ2v) is 3.92. The van der Waals surface area contributed by atoms with Crippen LogP contribution in [0, 0.1) is 0 Å². The van der Waals surface area contributed by atoms with Crippen molar-refractivity contribution < 1.29 is 4.74 Å². The second kappa shape index (κ2) is 4.30. The number of hydrogen-bond donors (Lipinski definition) is 0. The molecule has 0 aliphatic rings. The van der Waals surface area contributed by atoms with Gasteiger partial charge in [-0.3, -0.25) is 0 Å². The monoisotopic (exact) mass is 220 g/mol. The van der Waals surface area contributed by atoms with Crippen molar-refractivity contribution in [2.75, 3.05) is 0 Å². The van der Waals surface area contributed by atoms with Gasteiger partial charge in [0.25, 0.3) is 0 Å². The first kappa shape index (κ1) is 9.91. The van der Waals surface area contributed by atoms with Crippen molar-refractivity contribution in [2.24, 2.45) is 0 Å². The highest BCUT2D eigenvalue weighted by atomic mass is 16.5. The van der Waals surface area contributed by atoms with Crippen LogP contribution >= 0.6 is 0 Å². The van der Waals surface area contributed by atoms with Crippen molar-refractivity contribution >= 4 is 10.8 Å². The minimum Gasteiger partial charge on any atom is -0.457 e. The fourth-order valence-corrected chi connectivity index (χ4v) is 1.86. The highest BCUT2D eigenvalue weighted by molar-refractivity contribution is 5.83. The van der Waals surface area contributed by atoms with Crippen molar-refractivity contribution in [3.05, 3.63) is 72.8 Å². The van der Waals surface area contributed by atoms with E-state index in [1.807, 2.05) is 48.5 Å². The summed E-state index contributed by atoms with van der Waals surface area (Å²) in [6, 6.07) is 24.2. The molecule has 3 rings (SSSR count). The van der Waals surface area contributed by atoms with Gasteiger partial charge in [-0.2, -0.15) is 0 Å². The number of fused-ring (bicyclic) bond motifs is 1. The van der Waals surface area contributed by atoms with Crippen molar-refractivity contribution in [1.29, 1.82) is 0 Å². The molecule has 0 heterocycles. The molecule has 0 unspecified atom stereocenters. The molecule has 0 spiro atoms. The third-order valence-electron chi connectivity index (χ3n) is 2.70. The molecule has 17 heavy (non-hydrogen) atoms. The Balaban J connectivity index is 1.96. The molecular weight excluding hydrogens is 208 g/mol. The molecule has 3 aromatic rings. The predicted octanol–water partition coefficient (Wildman–Crippen LogP) is 4.63. The largest absolute Gasteiger partial charge is 0.457 e. The van der Waals surface area contributed by atoms with Gasteiger partial charge in [-0.15, -0.1) is 0 Å². The number of para-hydroxylation sites is 1. The van der Waals surface area contributed by atoms with E-state index < -0.39 is 0 Å². The molecule has 0 saturated carbocycles. The Morgan fingerprint density at radius 3 is 2.06 bits per heavy atom. The maximum absolute atomic E-state index is 5.79. The quantitative estimate of drug-likeness (QED) is 0.611. The van der Waals surface area contributed by atoms with Crippen LogP contribution in [0.25, 0.3) is 10.8 Å². The van der Waals surface area contributed by atoms with Crippen molar-refractivity contribution in [2.45, 2.75) is 0 Å². The van der Waals surface area contributed by atoms with Gasteiger partial charge in [0, 0.05) is 0 Å². The molecule has 82 valence electrons. The number of ether oxygens (including phenoxy) is 1. The summed E-state index contributed by atoms with van der Waals surface area (Å²) < 4.78 is 5.79. The zero-order valence-corrected chi connectivity index (χ0v) is 9.34. The molecule has 0 atom stereocenters. The van der Waals surface area contributed by atoms with Crippen LogP contribution in [0.3, 0.4) is 0 Å². The van der Waals surface area contributed by atoms with Crippen LogP contribution in [0.5, 0.6) is 11.5 Å². The van der Waals surface area contributed by atoms with Gasteiger partial charge in [0.15, 0.2) is 0 Å². The van der Waals surface area contributed by atoms with Crippen LogP contribution in [0.15, 0.2) is 72.8 Å². The highest BCUT2D eigenvalue weighted by Crippen LogP contribution is 2.25. The van der Waals surface area contributed by atoms with E-state index in [0.29, 0.717) is 0 Å². The summed E-state index contributed by atoms with van der Waals surface area (Å²) in [4.78, 5) is 0. The minimum atomic E-state index is 0.864. The standard InChI is InChI=1S/C16H12O/c1-2-8-15(9-3-1)17-16-11-10-13-6-4-5-7-14(13)12-16/h1-12H. The van der Waals surface area contributed by atoms with Gasteiger partial charge >= 0.3 is 0 Å². The van der Waals surface area contributed by atoms with Crippen LogP contribution in [-0.2, 0) is 0 Å². The van der Waals surface area contributed by atoms with Gasteiger partial charge < -0.3 is 4.74 Å². The van der Waals surface area contributed by atoms with E-state index in [1.54, 1.807) is 0 Å². The van der Waals surface area contributed by atoms with E-state index in [1.165, 1.54) is 10.8 Å². The minimum absolute atomic E-state index is 0.864. The summed E-state index contributed by atoms with van der Waals surface area (Å²) in [6.45, 7) is 0. The number of benzene rings is 3. The Bertz CT molecular complexity index is 629. The number of rotatable bonds is 2. The lowest BCUT2D eigenvalue weighted by atomic mass is 10.1. The molecule has 0 radical (unpaired) electrons. The summed E-state index contributed by atoms with van der Waals surface area (Å²) in [5, 5.41) is 2.42. The summed E-state index contributed by atoms with van der Waals surface area (Å²) in [6.07, 6.45) is 0. The summed E-state index contributed by atoms with van der Waals surface area (Å²) >= 11 is 0. The molecule has 0 aliphatic carbocycles. The zero-order valence-electron chi connectivity index (χ0n) is 9.34. The molecule has 3 aromatic carbocycles. The van der Waals surface area contributed by atoms with Crippen LogP contribution in [-0.4, -0.2) is 0 Å². The van der Waals surface area contributed by atoms with E-state index in [9.17, 15) is 0 Å². The van der Waals surface area contributed by atoms with E-state index in [-0.39, 0.29) is 0 Å². The maximum Gasteiger partial charge on any atom is 0.128 e. The van der Waals surface area contributed by atoms with Gasteiger partial charge in [-0.05, 0) is 35.0 Å². The van der Waals surface area contributed by atoms with Crippen molar-refractivity contribution in [3.63, 3.8) is 0 Å². The molecular formula is C16H12O. The molecule has 1 nitrogen and oxygen atoms in total. The number of hydrogen-bond acceptors (Lipinski definition) is 1. The van der Waals surface area contributed by atoms with Gasteiger partial charge in [0.1, 0.15) is 11.5 Å². The Labute approximate surface area is 100 Å². The molecule has 1 heteroatoms. The summed E-state index contributed by atoms with van der Waals surface area (Å²) in [5.41, 5.74) is 0. The van der Waals surface area contributed by atoms with Gasteiger partial charge in [-0.25, -0.2) is 0 Å².